The number of benzene rings is 2. The largest absolute Gasteiger partial charge is 0.479 e. The van der Waals surface area contributed by atoms with Gasteiger partial charge in [0.15, 0.2) is 12.2 Å². The van der Waals surface area contributed by atoms with E-state index in [4.69, 9.17) is 20.4 Å². The Labute approximate surface area is 185 Å². The molecule has 1 heterocycles. The van der Waals surface area contributed by atoms with Crippen LogP contribution in [0.4, 0.5) is 11.4 Å². The van der Waals surface area contributed by atoms with E-state index in [9.17, 15) is 9.59 Å². The Morgan fingerprint density at radius 1 is 0.903 bits per heavy atom. The molecule has 0 bridgehead atoms. The molecular weight excluding hydrogens is 420 g/mol. The SMILES string of the molecule is CC(CN(C)C)CN1c2ccccc2Sc2ccccc21.O=C(O)C(O)C(O)C(=O)O. The second-order valence-corrected chi connectivity index (χ2v) is 8.67. The summed E-state index contributed by atoms with van der Waals surface area (Å²) in [6.45, 7) is 4.48. The van der Waals surface area contributed by atoms with Crippen LogP contribution in [-0.4, -0.2) is 76.7 Å². The maximum absolute atomic E-state index is 9.77. The van der Waals surface area contributed by atoms with Crippen molar-refractivity contribution in [1.82, 2.24) is 4.90 Å². The monoisotopic (exact) mass is 448 g/mol. The minimum Gasteiger partial charge on any atom is -0.479 e. The zero-order valence-electron chi connectivity index (χ0n) is 17.7. The van der Waals surface area contributed by atoms with Crippen molar-refractivity contribution in [2.45, 2.75) is 28.9 Å². The van der Waals surface area contributed by atoms with Gasteiger partial charge in [-0.15, -0.1) is 0 Å². The summed E-state index contributed by atoms with van der Waals surface area (Å²) in [5, 5.41) is 32.5. The second-order valence-electron chi connectivity index (χ2n) is 7.58. The van der Waals surface area contributed by atoms with Gasteiger partial charge in [-0.05, 0) is 44.3 Å². The Morgan fingerprint density at radius 3 is 1.71 bits per heavy atom. The summed E-state index contributed by atoms with van der Waals surface area (Å²) in [7, 11) is 4.29. The molecule has 0 spiro atoms. The van der Waals surface area contributed by atoms with Gasteiger partial charge in [0.1, 0.15) is 0 Å². The lowest BCUT2D eigenvalue weighted by Gasteiger charge is -2.35. The summed E-state index contributed by atoms with van der Waals surface area (Å²) in [5.74, 6) is -2.92. The Hall–Kier alpha value is -2.59. The smallest absolute Gasteiger partial charge is 0.335 e. The maximum atomic E-state index is 9.77. The van der Waals surface area contributed by atoms with Gasteiger partial charge in [-0.2, -0.15) is 0 Å². The van der Waals surface area contributed by atoms with Gasteiger partial charge in [0.2, 0.25) is 0 Å². The fourth-order valence-corrected chi connectivity index (χ4v) is 4.34. The Morgan fingerprint density at radius 2 is 1.32 bits per heavy atom. The number of fused-ring (bicyclic) bond motifs is 2. The van der Waals surface area contributed by atoms with Crippen LogP contribution in [0.2, 0.25) is 0 Å². The van der Waals surface area contributed by atoms with Crippen molar-refractivity contribution in [3.8, 4) is 0 Å². The lowest BCUT2D eigenvalue weighted by Crippen LogP contribution is -2.39. The van der Waals surface area contributed by atoms with Gasteiger partial charge >= 0.3 is 11.9 Å². The molecular formula is C22H28N2O6S. The Kier molecular flexibility index (Phi) is 8.88. The van der Waals surface area contributed by atoms with E-state index in [2.05, 4.69) is 79.3 Å². The van der Waals surface area contributed by atoms with Gasteiger partial charge in [0, 0.05) is 22.9 Å². The minimum absolute atomic E-state index is 0.615. The molecule has 0 saturated heterocycles. The number of carboxylic acid groups (broad SMARTS) is 2. The van der Waals surface area contributed by atoms with Crippen LogP contribution in [0.5, 0.6) is 0 Å². The van der Waals surface area contributed by atoms with Crippen molar-refractivity contribution in [3.05, 3.63) is 48.5 Å². The lowest BCUT2D eigenvalue weighted by atomic mass is 10.1. The zero-order valence-corrected chi connectivity index (χ0v) is 18.5. The Balaban J connectivity index is 0.000000291. The normalized spacial score (nSPS) is 15.1. The van der Waals surface area contributed by atoms with Gasteiger partial charge in [-0.25, -0.2) is 9.59 Å². The predicted molar refractivity (Wildman–Crippen MR) is 119 cm³/mol. The van der Waals surface area contributed by atoms with Crippen molar-refractivity contribution in [2.75, 3.05) is 32.1 Å². The third-order valence-corrected chi connectivity index (χ3v) is 5.64. The van der Waals surface area contributed by atoms with Gasteiger partial charge in [-0.3, -0.25) is 0 Å². The van der Waals surface area contributed by atoms with Crippen LogP contribution in [0.15, 0.2) is 58.3 Å². The average Bonchev–Trinajstić information content (AvgIpc) is 2.72. The fraction of sp³-hybridized carbons (Fsp3) is 0.364. The highest BCUT2D eigenvalue weighted by Gasteiger charge is 2.29. The molecule has 0 aliphatic carbocycles. The number of carbonyl (C=O) groups is 2. The highest BCUT2D eigenvalue weighted by molar-refractivity contribution is 7.99. The average molecular weight is 449 g/mol. The minimum atomic E-state index is -2.27. The van der Waals surface area contributed by atoms with Gasteiger partial charge in [0.25, 0.3) is 0 Å². The number of anilines is 2. The molecule has 0 aromatic heterocycles. The highest BCUT2D eigenvalue weighted by Crippen LogP contribution is 2.47. The van der Waals surface area contributed by atoms with E-state index in [-0.39, 0.29) is 0 Å². The molecule has 31 heavy (non-hydrogen) atoms. The lowest BCUT2D eigenvalue weighted by molar-refractivity contribution is -0.165. The van der Waals surface area contributed by atoms with E-state index in [0.29, 0.717) is 5.92 Å². The van der Waals surface area contributed by atoms with Gasteiger partial charge < -0.3 is 30.2 Å². The third-order valence-electron chi connectivity index (χ3n) is 4.51. The van der Waals surface area contributed by atoms with Crippen LogP contribution in [0.1, 0.15) is 6.92 Å². The standard InChI is InChI=1S/C18H22N2S.C4H6O6/c1-14(12-19(2)3)13-20-15-8-4-6-10-17(15)21-18-11-7-5-9-16(18)20;5-1(3(7)8)2(6)4(9)10/h4-11,14H,12-13H2,1-3H3;1-2,5-6H,(H,7,8)(H,9,10). The van der Waals surface area contributed by atoms with E-state index in [1.807, 2.05) is 11.8 Å². The predicted octanol–water partition coefficient (Wildman–Crippen LogP) is 2.36. The molecule has 3 rings (SSSR count). The van der Waals surface area contributed by atoms with Crippen LogP contribution >= 0.6 is 11.8 Å². The second kappa shape index (κ2) is 11.1. The van der Waals surface area contributed by atoms with E-state index in [0.717, 1.165) is 13.1 Å². The van der Waals surface area contributed by atoms with Crippen LogP contribution in [-0.2, 0) is 9.59 Å². The molecule has 0 radical (unpaired) electrons. The van der Waals surface area contributed by atoms with Gasteiger partial charge in [-0.1, -0.05) is 43.0 Å². The molecule has 9 heteroatoms. The van der Waals surface area contributed by atoms with Crippen LogP contribution < -0.4 is 4.90 Å². The first-order chi connectivity index (χ1) is 14.6. The van der Waals surface area contributed by atoms with Crippen molar-refractivity contribution < 1.29 is 30.0 Å². The summed E-state index contributed by atoms with van der Waals surface area (Å²) in [6.07, 6.45) is -4.53. The molecule has 0 saturated carbocycles. The topological polar surface area (TPSA) is 122 Å². The number of hydrogen-bond acceptors (Lipinski definition) is 7. The number of hydrogen-bond donors (Lipinski definition) is 4. The molecule has 0 amide bonds. The summed E-state index contributed by atoms with van der Waals surface area (Å²) in [5.41, 5.74) is 2.68. The first-order valence-electron chi connectivity index (χ1n) is 9.71. The number of para-hydroxylation sites is 2. The summed E-state index contributed by atoms with van der Waals surface area (Å²) < 4.78 is 0. The summed E-state index contributed by atoms with van der Waals surface area (Å²) >= 11 is 1.88. The molecule has 4 N–H and O–H groups in total. The van der Waals surface area contributed by atoms with E-state index in [1.54, 1.807) is 0 Å². The van der Waals surface area contributed by atoms with Crippen LogP contribution in [0.25, 0.3) is 0 Å². The molecule has 8 nitrogen and oxygen atoms in total. The third kappa shape index (κ3) is 6.70. The number of aliphatic carboxylic acids is 2. The summed E-state index contributed by atoms with van der Waals surface area (Å²) in [6, 6.07) is 17.4. The van der Waals surface area contributed by atoms with E-state index < -0.39 is 24.1 Å². The van der Waals surface area contributed by atoms with Crippen molar-refractivity contribution in [1.29, 1.82) is 0 Å². The van der Waals surface area contributed by atoms with Crippen molar-refractivity contribution in [2.24, 2.45) is 5.92 Å². The molecule has 2 aromatic rings. The first kappa shape index (κ1) is 24.7. The van der Waals surface area contributed by atoms with E-state index >= 15 is 0 Å². The molecule has 1 aliphatic rings. The van der Waals surface area contributed by atoms with Gasteiger partial charge in [0.05, 0.1) is 11.4 Å². The van der Waals surface area contributed by atoms with Crippen LogP contribution in [0, 0.1) is 5.92 Å². The molecule has 2 aromatic carbocycles. The van der Waals surface area contributed by atoms with Crippen molar-refractivity contribution >= 4 is 35.1 Å². The molecule has 0 fully saturated rings. The number of aliphatic hydroxyl groups is 2. The Bertz CT molecular complexity index is 844. The zero-order chi connectivity index (χ0) is 23.1. The fourth-order valence-electron chi connectivity index (χ4n) is 3.24. The first-order valence-corrected chi connectivity index (χ1v) is 10.5. The quantitative estimate of drug-likeness (QED) is 0.506. The number of carboxylic acids is 2. The summed E-state index contributed by atoms with van der Waals surface area (Å²) in [4.78, 5) is 27.0. The maximum Gasteiger partial charge on any atom is 0.335 e. The van der Waals surface area contributed by atoms with Crippen molar-refractivity contribution in [3.63, 3.8) is 0 Å². The molecule has 3 atom stereocenters. The number of rotatable bonds is 7. The van der Waals surface area contributed by atoms with E-state index in [1.165, 1.54) is 21.2 Å². The number of nitrogens with zero attached hydrogens (tertiary/aromatic N) is 2. The highest BCUT2D eigenvalue weighted by atomic mass is 32.2. The molecule has 168 valence electrons. The number of aliphatic hydroxyl groups excluding tert-OH is 2. The molecule has 1 aliphatic heterocycles. The molecule has 3 unspecified atom stereocenters. The van der Waals surface area contributed by atoms with Crippen LogP contribution in [0.3, 0.4) is 0 Å².